The van der Waals surface area contributed by atoms with Crippen molar-refractivity contribution in [1.29, 1.82) is 0 Å². The molecule has 1 aliphatic rings. The number of carbonyl (C=O) groups excluding carboxylic acids is 1. The zero-order chi connectivity index (χ0) is 25.4. The molecule has 36 heavy (non-hydrogen) atoms. The van der Waals surface area contributed by atoms with E-state index in [1.165, 1.54) is 60.2 Å². The van der Waals surface area contributed by atoms with E-state index < -0.39 is 10.0 Å². The van der Waals surface area contributed by atoms with Crippen LogP contribution >= 0.6 is 39.3 Å². The van der Waals surface area contributed by atoms with Crippen molar-refractivity contribution < 1.29 is 13.2 Å². The molecule has 0 bridgehead atoms. The third-order valence-corrected chi connectivity index (χ3v) is 8.86. The van der Waals surface area contributed by atoms with Crippen LogP contribution in [0.2, 0.25) is 5.02 Å². The summed E-state index contributed by atoms with van der Waals surface area (Å²) in [4.78, 5) is 12.5. The summed E-state index contributed by atoms with van der Waals surface area (Å²) in [7, 11) is -3.89. The lowest BCUT2D eigenvalue weighted by Crippen LogP contribution is -2.16. The van der Waals surface area contributed by atoms with E-state index in [1.54, 1.807) is 0 Å². The third-order valence-electron chi connectivity index (χ3n) is 6.19. The number of halogens is 2. The van der Waals surface area contributed by atoms with Crippen molar-refractivity contribution >= 4 is 71.7 Å². The van der Waals surface area contributed by atoms with E-state index in [0.717, 1.165) is 11.1 Å². The molecular formula is C24H21BrClN5O3S2. The van der Waals surface area contributed by atoms with Crippen LogP contribution in [0.5, 0.6) is 0 Å². The van der Waals surface area contributed by atoms with Crippen LogP contribution in [0.4, 0.5) is 5.69 Å². The summed E-state index contributed by atoms with van der Waals surface area (Å²) >= 11 is 10.9. The van der Waals surface area contributed by atoms with Gasteiger partial charge < -0.3 is 5.32 Å². The lowest BCUT2D eigenvalue weighted by Gasteiger charge is -2.27. The van der Waals surface area contributed by atoms with Gasteiger partial charge in [0, 0.05) is 5.39 Å². The zero-order valence-corrected chi connectivity index (χ0v) is 22.8. The van der Waals surface area contributed by atoms with Crippen LogP contribution in [-0.2, 0) is 14.8 Å². The Morgan fingerprint density at radius 3 is 2.56 bits per heavy atom. The van der Waals surface area contributed by atoms with Gasteiger partial charge in [-0.15, -0.1) is 10.2 Å². The van der Waals surface area contributed by atoms with E-state index in [1.807, 2.05) is 10.6 Å². The second kappa shape index (κ2) is 10.1. The summed E-state index contributed by atoms with van der Waals surface area (Å²) in [5.41, 5.74) is 2.58. The van der Waals surface area contributed by atoms with Crippen LogP contribution < -0.4 is 10.5 Å². The number of nitrogens with two attached hydrogens (primary N) is 1. The molecule has 0 atom stereocenters. The molecule has 1 heterocycles. The second-order valence-electron chi connectivity index (χ2n) is 8.46. The summed E-state index contributed by atoms with van der Waals surface area (Å²) in [5.74, 6) is 0.300. The highest BCUT2D eigenvalue weighted by Gasteiger charge is 2.23. The van der Waals surface area contributed by atoms with Gasteiger partial charge in [-0.25, -0.2) is 13.6 Å². The average molecular weight is 607 g/mol. The smallest absolute Gasteiger partial charge is 0.238 e. The van der Waals surface area contributed by atoms with Crippen molar-refractivity contribution in [2.45, 2.75) is 35.2 Å². The Bertz CT molecular complexity index is 1590. The quantitative estimate of drug-likeness (QED) is 0.269. The molecule has 0 unspecified atom stereocenters. The van der Waals surface area contributed by atoms with Crippen molar-refractivity contribution in [2.75, 3.05) is 11.1 Å². The van der Waals surface area contributed by atoms with Crippen LogP contribution in [0.25, 0.3) is 16.5 Å². The molecule has 5 rings (SSSR count). The normalized spacial score (nSPS) is 14.1. The number of fused-ring (bicyclic) bond motifs is 1. The summed E-state index contributed by atoms with van der Waals surface area (Å²) in [6.07, 6.45) is 3.69. The molecule has 0 aliphatic heterocycles. The third kappa shape index (κ3) is 5.03. The average Bonchev–Trinajstić information content (AvgIpc) is 3.17. The second-order valence-corrected chi connectivity index (χ2v) is 12.1. The highest BCUT2D eigenvalue weighted by Crippen LogP contribution is 2.41. The molecule has 3 aromatic carbocycles. The van der Waals surface area contributed by atoms with E-state index in [-0.39, 0.29) is 27.3 Å². The number of carbonyl (C=O) groups is 1. The molecule has 12 heteroatoms. The van der Waals surface area contributed by atoms with Gasteiger partial charge in [-0.2, -0.15) is 0 Å². The first-order chi connectivity index (χ1) is 17.2. The van der Waals surface area contributed by atoms with Gasteiger partial charge in [-0.1, -0.05) is 60.1 Å². The monoisotopic (exact) mass is 605 g/mol. The fraction of sp³-hybridized carbons (Fsp3) is 0.208. The van der Waals surface area contributed by atoms with Crippen molar-refractivity contribution in [3.05, 3.63) is 69.9 Å². The Kier molecular flexibility index (Phi) is 7.10. The molecule has 0 radical (unpaired) electrons. The molecular weight excluding hydrogens is 586 g/mol. The fourth-order valence-electron chi connectivity index (χ4n) is 4.22. The van der Waals surface area contributed by atoms with Crippen LogP contribution in [0.15, 0.2) is 69.4 Å². The Morgan fingerprint density at radius 2 is 1.89 bits per heavy atom. The SMILES string of the molecule is NS(=O)(=O)c1ccc(NC(=O)CSc2nnc(Br)n2-c2ccc(C3CCC3)c3ccccc23)c(Cl)c1. The van der Waals surface area contributed by atoms with Crippen LogP contribution in [-0.4, -0.2) is 34.8 Å². The number of nitrogens with one attached hydrogen (secondary N) is 1. The Morgan fingerprint density at radius 1 is 1.14 bits per heavy atom. The number of aromatic nitrogens is 3. The maximum absolute atomic E-state index is 12.6. The van der Waals surface area contributed by atoms with Gasteiger partial charge in [0.1, 0.15) is 0 Å². The number of amides is 1. The minimum atomic E-state index is -3.89. The first-order valence-electron chi connectivity index (χ1n) is 11.1. The van der Waals surface area contributed by atoms with E-state index in [2.05, 4.69) is 61.8 Å². The Hall–Kier alpha value is -2.44. The molecule has 0 saturated heterocycles. The van der Waals surface area contributed by atoms with Crippen molar-refractivity contribution in [2.24, 2.45) is 5.14 Å². The first kappa shape index (κ1) is 25.2. The standard InChI is InChI=1S/C24H21BrClN5O3S2/c25-23-29-30-24(35-13-22(32)28-20-10-8-15(12-19(20)26)36(27,33)34)31(23)21-11-9-16(14-4-3-5-14)17-6-1-2-7-18(17)21/h1-2,6-12,14H,3-5,13H2,(H,28,32)(H2,27,33,34). The number of hydrogen-bond donors (Lipinski definition) is 2. The molecule has 1 aromatic heterocycles. The largest absolute Gasteiger partial charge is 0.324 e. The first-order valence-corrected chi connectivity index (χ1v) is 14.8. The van der Waals surface area contributed by atoms with E-state index in [9.17, 15) is 13.2 Å². The maximum atomic E-state index is 12.6. The highest BCUT2D eigenvalue weighted by molar-refractivity contribution is 9.10. The summed E-state index contributed by atoms with van der Waals surface area (Å²) in [5, 5.41) is 19.2. The molecule has 1 saturated carbocycles. The highest BCUT2D eigenvalue weighted by atomic mass is 79.9. The summed E-state index contributed by atoms with van der Waals surface area (Å²) < 4.78 is 25.4. The zero-order valence-electron chi connectivity index (χ0n) is 18.8. The van der Waals surface area contributed by atoms with Crippen LogP contribution in [0, 0.1) is 0 Å². The van der Waals surface area contributed by atoms with Gasteiger partial charge >= 0.3 is 0 Å². The predicted molar refractivity (Wildman–Crippen MR) is 145 cm³/mol. The lowest BCUT2D eigenvalue weighted by molar-refractivity contribution is -0.113. The molecule has 1 fully saturated rings. The molecule has 3 N–H and O–H groups in total. The molecule has 1 amide bonds. The topological polar surface area (TPSA) is 120 Å². The summed E-state index contributed by atoms with van der Waals surface area (Å²) in [6, 6.07) is 16.5. The number of sulfonamides is 1. The number of rotatable bonds is 7. The number of thioether (sulfide) groups is 1. The molecule has 186 valence electrons. The van der Waals surface area contributed by atoms with Gasteiger partial charge in [0.2, 0.25) is 20.7 Å². The van der Waals surface area contributed by atoms with E-state index in [4.69, 9.17) is 16.7 Å². The fourth-order valence-corrected chi connectivity index (χ4v) is 6.35. The lowest BCUT2D eigenvalue weighted by atomic mass is 9.78. The van der Waals surface area contributed by atoms with Crippen molar-refractivity contribution in [3.8, 4) is 5.69 Å². The van der Waals surface area contributed by atoms with Crippen molar-refractivity contribution in [3.63, 3.8) is 0 Å². The number of hydrogen-bond acceptors (Lipinski definition) is 6. The van der Waals surface area contributed by atoms with Gasteiger partial charge in [0.25, 0.3) is 0 Å². The van der Waals surface area contributed by atoms with Gasteiger partial charge in [-0.05, 0) is 69.9 Å². The number of benzene rings is 3. The number of nitrogens with zero attached hydrogens (tertiary/aromatic N) is 3. The molecule has 1 aliphatic carbocycles. The van der Waals surface area contributed by atoms with Crippen LogP contribution in [0.3, 0.4) is 0 Å². The molecule has 4 aromatic rings. The minimum Gasteiger partial charge on any atom is -0.324 e. The Labute approximate surface area is 225 Å². The molecule has 8 nitrogen and oxygen atoms in total. The van der Waals surface area contributed by atoms with E-state index in [0.29, 0.717) is 15.8 Å². The predicted octanol–water partition coefficient (Wildman–Crippen LogP) is 5.48. The van der Waals surface area contributed by atoms with E-state index >= 15 is 0 Å². The van der Waals surface area contributed by atoms with Gasteiger partial charge in [-0.3, -0.25) is 9.36 Å². The number of anilines is 1. The number of primary sulfonamides is 1. The van der Waals surface area contributed by atoms with Gasteiger partial charge in [0.05, 0.1) is 27.0 Å². The summed E-state index contributed by atoms with van der Waals surface area (Å²) in [6.45, 7) is 0. The van der Waals surface area contributed by atoms with Crippen LogP contribution in [0.1, 0.15) is 30.7 Å². The maximum Gasteiger partial charge on any atom is 0.238 e. The van der Waals surface area contributed by atoms with Gasteiger partial charge in [0.15, 0.2) is 5.16 Å². The van der Waals surface area contributed by atoms with Crippen molar-refractivity contribution in [1.82, 2.24) is 14.8 Å². The Balaban J connectivity index is 1.37. The molecule has 0 spiro atoms. The minimum absolute atomic E-state index is 0.0382.